The van der Waals surface area contributed by atoms with Crippen LogP contribution >= 0.6 is 0 Å². The SMILES string of the molecule is COc1ccc(Cc2nc(-c3ncco3)cc(-c3ccncc3F)c2[N+](=O)[O-])cc1. The first-order valence-corrected chi connectivity index (χ1v) is 8.88. The van der Waals surface area contributed by atoms with E-state index in [1.807, 2.05) is 0 Å². The fourth-order valence-corrected chi connectivity index (χ4v) is 3.11. The summed E-state index contributed by atoms with van der Waals surface area (Å²) in [5.41, 5.74) is 1.03. The predicted octanol–water partition coefficient (Wildman–Crippen LogP) is 4.45. The van der Waals surface area contributed by atoms with Crippen molar-refractivity contribution in [2.45, 2.75) is 6.42 Å². The van der Waals surface area contributed by atoms with Gasteiger partial charge < -0.3 is 9.15 Å². The number of aromatic nitrogens is 3. The van der Waals surface area contributed by atoms with Gasteiger partial charge in [-0.2, -0.15) is 0 Å². The topological polar surface area (TPSA) is 104 Å². The Morgan fingerprint density at radius 2 is 1.97 bits per heavy atom. The van der Waals surface area contributed by atoms with Crippen molar-refractivity contribution in [3.05, 3.63) is 88.4 Å². The highest BCUT2D eigenvalue weighted by atomic mass is 19.1. The molecule has 9 heteroatoms. The molecule has 0 aliphatic carbocycles. The summed E-state index contributed by atoms with van der Waals surface area (Å²) in [7, 11) is 1.55. The third-order valence-corrected chi connectivity index (χ3v) is 4.49. The van der Waals surface area contributed by atoms with Gasteiger partial charge in [0.15, 0.2) is 0 Å². The minimum atomic E-state index is -0.680. The van der Waals surface area contributed by atoms with Crippen molar-refractivity contribution < 1.29 is 18.5 Å². The van der Waals surface area contributed by atoms with Crippen molar-refractivity contribution in [1.29, 1.82) is 0 Å². The molecular weight excluding hydrogens is 391 g/mol. The first kappa shape index (κ1) is 19.2. The molecular formula is C21H15FN4O4. The van der Waals surface area contributed by atoms with E-state index in [0.29, 0.717) is 5.75 Å². The Kier molecular flexibility index (Phi) is 5.17. The Balaban J connectivity index is 1.92. The quantitative estimate of drug-likeness (QED) is 0.344. The van der Waals surface area contributed by atoms with Crippen molar-refractivity contribution in [2.24, 2.45) is 0 Å². The summed E-state index contributed by atoms with van der Waals surface area (Å²) in [5, 5.41) is 12.0. The van der Waals surface area contributed by atoms with Crippen molar-refractivity contribution in [1.82, 2.24) is 15.0 Å². The lowest BCUT2D eigenvalue weighted by atomic mass is 9.99. The molecule has 0 bridgehead atoms. The maximum atomic E-state index is 14.5. The molecule has 0 spiro atoms. The van der Waals surface area contributed by atoms with Crippen LogP contribution in [0.15, 0.2) is 65.7 Å². The zero-order valence-corrected chi connectivity index (χ0v) is 15.8. The number of benzene rings is 1. The Bertz CT molecular complexity index is 1190. The fraction of sp³-hybridized carbons (Fsp3) is 0.0952. The van der Waals surface area contributed by atoms with E-state index in [9.17, 15) is 14.5 Å². The van der Waals surface area contributed by atoms with Crippen molar-refractivity contribution in [3.8, 4) is 28.5 Å². The smallest absolute Gasteiger partial charge is 0.298 e. The molecule has 0 atom stereocenters. The molecule has 4 rings (SSSR count). The fourth-order valence-electron chi connectivity index (χ4n) is 3.11. The van der Waals surface area contributed by atoms with Gasteiger partial charge in [0.2, 0.25) is 5.89 Å². The second kappa shape index (κ2) is 8.08. The number of rotatable bonds is 6. The van der Waals surface area contributed by atoms with Crippen LogP contribution in [0.3, 0.4) is 0 Å². The molecule has 0 radical (unpaired) electrons. The summed E-state index contributed by atoms with van der Waals surface area (Å²) >= 11 is 0. The standard InChI is InChI=1S/C21H15FN4O4/c1-29-14-4-2-13(3-5-14)10-18-20(26(27)28)16(15-6-7-23-12-17(15)22)11-19(25-18)21-24-8-9-30-21/h2-9,11-12H,10H2,1H3. The van der Waals surface area contributed by atoms with Crippen molar-refractivity contribution in [2.75, 3.05) is 7.11 Å². The third kappa shape index (κ3) is 3.72. The Hall–Kier alpha value is -4.14. The number of oxazole rings is 1. The van der Waals surface area contributed by atoms with E-state index >= 15 is 0 Å². The van der Waals surface area contributed by atoms with Crippen molar-refractivity contribution in [3.63, 3.8) is 0 Å². The molecule has 8 nitrogen and oxygen atoms in total. The van der Waals surface area contributed by atoms with E-state index in [2.05, 4.69) is 15.0 Å². The lowest BCUT2D eigenvalue weighted by molar-refractivity contribution is -0.385. The van der Waals surface area contributed by atoms with Gasteiger partial charge in [0, 0.05) is 18.2 Å². The van der Waals surface area contributed by atoms with Gasteiger partial charge in [0.05, 0.1) is 30.0 Å². The van der Waals surface area contributed by atoms with Crippen LogP contribution in [0.2, 0.25) is 0 Å². The molecule has 0 amide bonds. The molecule has 0 aliphatic heterocycles. The summed E-state index contributed by atoms with van der Waals surface area (Å²) in [5.74, 6) is 0.159. The van der Waals surface area contributed by atoms with Crippen LogP contribution in [-0.2, 0) is 6.42 Å². The molecule has 0 N–H and O–H groups in total. The number of nitrogens with zero attached hydrogens (tertiary/aromatic N) is 4. The molecule has 1 aromatic carbocycles. The lowest BCUT2D eigenvalue weighted by Crippen LogP contribution is -2.05. The van der Waals surface area contributed by atoms with Gasteiger partial charge in [-0.25, -0.2) is 14.4 Å². The van der Waals surface area contributed by atoms with E-state index in [1.165, 1.54) is 30.8 Å². The molecule has 3 heterocycles. The number of pyridine rings is 2. The third-order valence-electron chi connectivity index (χ3n) is 4.49. The summed E-state index contributed by atoms with van der Waals surface area (Å²) < 4.78 is 24.9. The highest BCUT2D eigenvalue weighted by Gasteiger charge is 2.27. The number of ether oxygens (including phenoxy) is 1. The van der Waals surface area contributed by atoms with Gasteiger partial charge in [0.1, 0.15) is 29.2 Å². The zero-order valence-electron chi connectivity index (χ0n) is 15.8. The number of hydrogen-bond acceptors (Lipinski definition) is 7. The van der Waals surface area contributed by atoms with Crippen LogP contribution in [0.25, 0.3) is 22.7 Å². The average molecular weight is 406 g/mol. The van der Waals surface area contributed by atoms with Gasteiger partial charge in [0.25, 0.3) is 5.69 Å². The van der Waals surface area contributed by atoms with E-state index in [1.54, 1.807) is 31.4 Å². The van der Waals surface area contributed by atoms with Gasteiger partial charge >= 0.3 is 0 Å². The normalized spacial score (nSPS) is 10.7. The predicted molar refractivity (Wildman–Crippen MR) is 105 cm³/mol. The first-order chi connectivity index (χ1) is 14.6. The summed E-state index contributed by atoms with van der Waals surface area (Å²) in [6, 6.07) is 9.86. The molecule has 150 valence electrons. The van der Waals surface area contributed by atoms with Crippen LogP contribution in [0.1, 0.15) is 11.3 Å². The van der Waals surface area contributed by atoms with E-state index in [0.717, 1.165) is 11.8 Å². The average Bonchev–Trinajstić information content (AvgIpc) is 3.29. The largest absolute Gasteiger partial charge is 0.497 e. The number of nitro groups is 1. The van der Waals surface area contributed by atoms with Gasteiger partial charge in [-0.05, 0) is 29.8 Å². The Morgan fingerprint density at radius 3 is 2.60 bits per heavy atom. The van der Waals surface area contributed by atoms with E-state index in [4.69, 9.17) is 9.15 Å². The van der Waals surface area contributed by atoms with Gasteiger partial charge in [-0.3, -0.25) is 15.1 Å². The minimum absolute atomic E-state index is 0.0443. The Labute approximate surface area is 170 Å². The maximum absolute atomic E-state index is 14.5. The number of halogens is 1. The van der Waals surface area contributed by atoms with Crippen LogP contribution in [-0.4, -0.2) is 27.0 Å². The van der Waals surface area contributed by atoms with Crippen molar-refractivity contribution >= 4 is 5.69 Å². The highest BCUT2D eigenvalue weighted by Crippen LogP contribution is 2.37. The molecule has 0 unspecified atom stereocenters. The second-order valence-electron chi connectivity index (χ2n) is 6.33. The molecule has 3 aromatic heterocycles. The van der Waals surface area contributed by atoms with Crippen LogP contribution < -0.4 is 4.74 Å². The van der Waals surface area contributed by atoms with Gasteiger partial charge in [-0.1, -0.05) is 12.1 Å². The first-order valence-electron chi connectivity index (χ1n) is 8.88. The monoisotopic (exact) mass is 406 g/mol. The number of hydrogen-bond donors (Lipinski definition) is 0. The van der Waals surface area contributed by atoms with Gasteiger partial charge in [-0.15, -0.1) is 0 Å². The zero-order chi connectivity index (χ0) is 21.1. The molecule has 0 aliphatic rings. The lowest BCUT2D eigenvalue weighted by Gasteiger charge is -2.11. The minimum Gasteiger partial charge on any atom is -0.497 e. The summed E-state index contributed by atoms with van der Waals surface area (Å²) in [6.07, 6.45) is 5.33. The molecule has 0 saturated carbocycles. The van der Waals surface area contributed by atoms with Crippen LogP contribution in [0.4, 0.5) is 10.1 Å². The maximum Gasteiger partial charge on any atom is 0.298 e. The molecule has 0 fully saturated rings. The molecule has 30 heavy (non-hydrogen) atoms. The second-order valence-corrected chi connectivity index (χ2v) is 6.33. The van der Waals surface area contributed by atoms with Crippen LogP contribution in [0, 0.1) is 15.9 Å². The Morgan fingerprint density at radius 1 is 1.17 bits per heavy atom. The molecule has 4 aromatic rings. The highest BCUT2D eigenvalue weighted by molar-refractivity contribution is 5.78. The summed E-state index contributed by atoms with van der Waals surface area (Å²) in [4.78, 5) is 23.6. The molecule has 0 saturated heterocycles. The number of methoxy groups -OCH3 is 1. The van der Waals surface area contributed by atoms with E-state index < -0.39 is 10.7 Å². The van der Waals surface area contributed by atoms with E-state index in [-0.39, 0.29) is 40.5 Å². The van der Waals surface area contributed by atoms with Crippen LogP contribution in [0.5, 0.6) is 5.75 Å². The summed E-state index contributed by atoms with van der Waals surface area (Å²) in [6.45, 7) is 0.